The van der Waals surface area contributed by atoms with Crippen LogP contribution in [-0.2, 0) is 14.3 Å². The molecule has 0 aromatic heterocycles. The second-order valence-electron chi connectivity index (χ2n) is 10.9. The first kappa shape index (κ1) is 29.2. The number of cyclic esters (lactones) is 1. The first-order valence-corrected chi connectivity index (χ1v) is 14.4. The number of carbonyl (C=O) groups is 2. The Hall–Kier alpha value is -4.84. The van der Waals surface area contributed by atoms with E-state index in [1.54, 1.807) is 17.6 Å². The minimum absolute atomic E-state index is 0.104. The summed E-state index contributed by atoms with van der Waals surface area (Å²) in [5, 5.41) is 22.8. The van der Waals surface area contributed by atoms with Crippen molar-refractivity contribution in [1.82, 2.24) is 5.48 Å². The van der Waals surface area contributed by atoms with E-state index in [-0.39, 0.29) is 55.0 Å². The molecule has 1 amide bonds. The summed E-state index contributed by atoms with van der Waals surface area (Å²) in [4.78, 5) is 24.5. The Balaban J connectivity index is 1.31. The van der Waals surface area contributed by atoms with E-state index in [0.717, 1.165) is 22.4 Å². The van der Waals surface area contributed by atoms with Gasteiger partial charge in [-0.3, -0.25) is 14.8 Å². The molecule has 0 bridgehead atoms. The van der Waals surface area contributed by atoms with E-state index in [4.69, 9.17) is 33.6 Å². The lowest BCUT2D eigenvalue weighted by Gasteiger charge is -2.40. The van der Waals surface area contributed by atoms with Gasteiger partial charge in [-0.2, -0.15) is 0 Å². The van der Waals surface area contributed by atoms with Crippen molar-refractivity contribution in [3.05, 3.63) is 65.2 Å². The highest BCUT2D eigenvalue weighted by atomic mass is 16.7. The van der Waals surface area contributed by atoms with Gasteiger partial charge in [-0.15, -0.1) is 0 Å². The minimum atomic E-state index is -0.533. The summed E-state index contributed by atoms with van der Waals surface area (Å²) in [7, 11) is 2.93. The number of fused-ring (bicyclic) bond motifs is 3. The van der Waals surface area contributed by atoms with E-state index in [2.05, 4.69) is 5.32 Å². The van der Waals surface area contributed by atoms with Crippen LogP contribution in [0.2, 0.25) is 0 Å². The van der Waals surface area contributed by atoms with Gasteiger partial charge in [0.1, 0.15) is 5.75 Å². The molecule has 12 heteroatoms. The van der Waals surface area contributed by atoms with Crippen LogP contribution in [0.5, 0.6) is 34.5 Å². The number of hydrogen-bond acceptors (Lipinski definition) is 11. The summed E-state index contributed by atoms with van der Waals surface area (Å²) in [5.74, 6) is 0.348. The van der Waals surface area contributed by atoms with Crippen LogP contribution in [0.4, 0.5) is 5.69 Å². The monoisotopic (exact) mass is 606 g/mol. The molecule has 0 unspecified atom stereocenters. The molecular formula is C32H34N2O10. The Labute approximate surface area is 253 Å². The standard InChI is InChI=1S/C32H34N2O10/c1-39-25-11-17(12-26(40-2)31(25)36)28-20-13-23-24(44-16-43-23)14-21(20)30(22-15-42-32(37)29(22)28)33-18-6-8-19(9-7-18)41-10-4-3-5-27(35)34-38/h6-9,11-14,22,28-30,33,36,38H,3-5,10,15-16H2,1-2H3,(H,34,35)/t22-,28-,29-,30-/m1/s1. The summed E-state index contributed by atoms with van der Waals surface area (Å²) < 4.78 is 33.9. The molecule has 6 rings (SSSR count). The molecule has 3 aromatic rings. The van der Waals surface area contributed by atoms with E-state index in [9.17, 15) is 14.7 Å². The molecule has 232 valence electrons. The van der Waals surface area contributed by atoms with Gasteiger partial charge in [-0.1, -0.05) is 0 Å². The Morgan fingerprint density at radius 1 is 0.955 bits per heavy atom. The Morgan fingerprint density at radius 3 is 2.30 bits per heavy atom. The van der Waals surface area contributed by atoms with Crippen molar-refractivity contribution in [2.24, 2.45) is 11.8 Å². The molecule has 1 aliphatic carbocycles. The molecule has 12 nitrogen and oxygen atoms in total. The number of anilines is 1. The van der Waals surface area contributed by atoms with Gasteiger partial charge < -0.3 is 38.8 Å². The van der Waals surface area contributed by atoms with Crippen LogP contribution in [0.15, 0.2) is 48.5 Å². The maximum absolute atomic E-state index is 13.4. The maximum atomic E-state index is 13.4. The minimum Gasteiger partial charge on any atom is -0.502 e. The van der Waals surface area contributed by atoms with Gasteiger partial charge in [0, 0.05) is 23.9 Å². The molecule has 1 fully saturated rings. The lowest BCUT2D eigenvalue weighted by Crippen LogP contribution is -2.37. The number of benzene rings is 3. The average molecular weight is 607 g/mol. The van der Waals surface area contributed by atoms with Crippen LogP contribution in [0.3, 0.4) is 0 Å². The smallest absolute Gasteiger partial charge is 0.310 e. The zero-order chi connectivity index (χ0) is 30.8. The number of methoxy groups -OCH3 is 2. The van der Waals surface area contributed by atoms with Gasteiger partial charge in [0.05, 0.1) is 39.4 Å². The van der Waals surface area contributed by atoms with Crippen LogP contribution in [0, 0.1) is 11.8 Å². The van der Waals surface area contributed by atoms with Crippen LogP contribution < -0.4 is 34.5 Å². The molecule has 2 aliphatic heterocycles. The lowest BCUT2D eigenvalue weighted by molar-refractivity contribution is -0.141. The SMILES string of the molecule is COc1cc([C@@H]2c3cc4c(cc3[C@@H](Nc3ccc(OCCCCC(=O)NO)cc3)[C@@H]3COC(=O)[C@@H]23)OCO4)cc(OC)c1O. The number of aromatic hydroxyl groups is 1. The fraction of sp³-hybridized carbons (Fsp3) is 0.375. The quantitative estimate of drug-likeness (QED) is 0.107. The van der Waals surface area contributed by atoms with E-state index in [0.29, 0.717) is 36.7 Å². The summed E-state index contributed by atoms with van der Waals surface area (Å²) in [6.07, 6.45) is 1.49. The largest absolute Gasteiger partial charge is 0.502 e. The third-order valence-corrected chi connectivity index (χ3v) is 8.42. The Morgan fingerprint density at radius 2 is 1.64 bits per heavy atom. The highest BCUT2D eigenvalue weighted by molar-refractivity contribution is 5.79. The zero-order valence-corrected chi connectivity index (χ0v) is 24.3. The molecule has 3 aliphatic rings. The number of phenols is 1. The molecule has 3 aromatic carbocycles. The molecule has 0 spiro atoms. The number of hydroxylamine groups is 1. The first-order valence-electron chi connectivity index (χ1n) is 14.4. The third kappa shape index (κ3) is 5.48. The third-order valence-electron chi connectivity index (χ3n) is 8.42. The van der Waals surface area contributed by atoms with Crippen molar-refractivity contribution >= 4 is 17.6 Å². The number of unbranched alkanes of at least 4 members (excludes halogenated alkanes) is 1. The van der Waals surface area contributed by atoms with Crippen LogP contribution in [0.1, 0.15) is 47.9 Å². The lowest BCUT2D eigenvalue weighted by atomic mass is 9.65. The van der Waals surface area contributed by atoms with Crippen molar-refractivity contribution in [3.8, 4) is 34.5 Å². The fourth-order valence-electron chi connectivity index (χ4n) is 6.30. The molecular weight excluding hydrogens is 572 g/mol. The van der Waals surface area contributed by atoms with Gasteiger partial charge in [-0.25, -0.2) is 5.48 Å². The van der Waals surface area contributed by atoms with Crippen LogP contribution in [-0.4, -0.2) is 56.4 Å². The number of ether oxygens (including phenoxy) is 6. The average Bonchev–Trinajstić information content (AvgIpc) is 3.67. The van der Waals surface area contributed by atoms with E-state index in [1.165, 1.54) is 14.2 Å². The van der Waals surface area contributed by atoms with Gasteiger partial charge in [0.2, 0.25) is 18.4 Å². The fourth-order valence-corrected chi connectivity index (χ4v) is 6.30. The highest BCUT2D eigenvalue weighted by Gasteiger charge is 2.52. The predicted molar refractivity (Wildman–Crippen MR) is 156 cm³/mol. The molecule has 2 heterocycles. The zero-order valence-electron chi connectivity index (χ0n) is 24.3. The maximum Gasteiger partial charge on any atom is 0.310 e. The van der Waals surface area contributed by atoms with Crippen molar-refractivity contribution in [1.29, 1.82) is 0 Å². The number of hydrogen-bond donors (Lipinski definition) is 4. The molecule has 4 atom stereocenters. The number of rotatable bonds is 11. The molecule has 44 heavy (non-hydrogen) atoms. The summed E-state index contributed by atoms with van der Waals surface area (Å²) >= 11 is 0. The number of nitrogens with one attached hydrogen (secondary N) is 2. The van der Waals surface area contributed by atoms with E-state index < -0.39 is 17.7 Å². The summed E-state index contributed by atoms with van der Waals surface area (Å²) in [6, 6.07) is 14.6. The van der Waals surface area contributed by atoms with E-state index >= 15 is 0 Å². The molecule has 0 saturated carbocycles. The molecule has 1 saturated heterocycles. The van der Waals surface area contributed by atoms with Crippen LogP contribution in [0.25, 0.3) is 0 Å². The highest BCUT2D eigenvalue weighted by Crippen LogP contribution is 2.56. The second-order valence-corrected chi connectivity index (χ2v) is 10.9. The van der Waals surface area contributed by atoms with Crippen molar-refractivity contribution in [2.45, 2.75) is 31.2 Å². The second kappa shape index (κ2) is 12.4. The van der Waals surface area contributed by atoms with Gasteiger partial charge in [0.25, 0.3) is 0 Å². The number of esters is 1. The summed E-state index contributed by atoms with van der Waals surface area (Å²) in [5.41, 5.74) is 5.00. The normalized spacial score (nSPS) is 21.1. The summed E-state index contributed by atoms with van der Waals surface area (Å²) in [6.45, 7) is 0.770. The van der Waals surface area contributed by atoms with Gasteiger partial charge >= 0.3 is 5.97 Å². The van der Waals surface area contributed by atoms with Gasteiger partial charge in [0.15, 0.2) is 23.0 Å². The number of carbonyl (C=O) groups excluding carboxylic acids is 2. The molecule has 4 N–H and O–H groups in total. The predicted octanol–water partition coefficient (Wildman–Crippen LogP) is 4.28. The topological polar surface area (TPSA) is 154 Å². The Bertz CT molecular complexity index is 1520. The molecule has 0 radical (unpaired) electrons. The van der Waals surface area contributed by atoms with Crippen LogP contribution >= 0.6 is 0 Å². The van der Waals surface area contributed by atoms with Crippen molar-refractivity contribution in [3.63, 3.8) is 0 Å². The van der Waals surface area contributed by atoms with Gasteiger partial charge in [-0.05, 0) is 78.1 Å². The van der Waals surface area contributed by atoms with Crippen molar-refractivity contribution in [2.75, 3.05) is 39.5 Å². The van der Waals surface area contributed by atoms with Crippen molar-refractivity contribution < 1.29 is 48.3 Å². The van der Waals surface area contributed by atoms with E-state index in [1.807, 2.05) is 36.4 Å². The first-order chi connectivity index (χ1) is 21.4. The number of phenolic OH excluding ortho intramolecular Hbond substituents is 1. The Kier molecular flexibility index (Phi) is 8.25. The number of amides is 1.